The van der Waals surface area contributed by atoms with Gasteiger partial charge in [-0.05, 0) is 24.6 Å². The normalized spacial score (nSPS) is 20.8. The van der Waals surface area contributed by atoms with E-state index in [0.29, 0.717) is 11.4 Å². The van der Waals surface area contributed by atoms with E-state index >= 15 is 0 Å². The first kappa shape index (κ1) is 11.9. The summed E-state index contributed by atoms with van der Waals surface area (Å²) in [5.74, 6) is -1.07. The molecule has 0 unspecified atom stereocenters. The van der Waals surface area contributed by atoms with Crippen LogP contribution in [0.2, 0.25) is 5.02 Å². The fraction of sp³-hybridized carbons (Fsp3) is 0.273. The number of aromatic hydroxyl groups is 1. The number of phenols is 1. The van der Waals surface area contributed by atoms with Crippen molar-refractivity contribution < 1.29 is 14.7 Å². The zero-order valence-corrected chi connectivity index (χ0v) is 9.65. The van der Waals surface area contributed by atoms with Gasteiger partial charge in [-0.2, -0.15) is 0 Å². The number of piperidine rings is 1. The number of carbonyl (C=O) groups is 2. The van der Waals surface area contributed by atoms with Gasteiger partial charge in [0.05, 0.1) is 11.7 Å². The van der Waals surface area contributed by atoms with E-state index in [0.717, 1.165) is 4.90 Å². The van der Waals surface area contributed by atoms with E-state index in [1.54, 1.807) is 0 Å². The molecule has 0 saturated carbocycles. The van der Waals surface area contributed by atoms with Gasteiger partial charge in [0.1, 0.15) is 5.75 Å². The first-order valence-corrected chi connectivity index (χ1v) is 5.49. The zero-order valence-electron chi connectivity index (χ0n) is 8.89. The number of anilines is 1. The minimum atomic E-state index is -0.717. The van der Waals surface area contributed by atoms with E-state index in [1.807, 2.05) is 0 Å². The van der Waals surface area contributed by atoms with Crippen LogP contribution in [0.4, 0.5) is 5.69 Å². The Bertz CT molecular complexity index is 490. The number of imide groups is 1. The predicted octanol–water partition coefficient (Wildman–Crippen LogP) is 1.03. The molecule has 6 heteroatoms. The number of carbonyl (C=O) groups excluding carboxylic acids is 2. The Balaban J connectivity index is 2.46. The molecule has 0 aliphatic carbocycles. The van der Waals surface area contributed by atoms with Crippen molar-refractivity contribution in [1.82, 2.24) is 0 Å². The number of nitrogens with two attached hydrogens (primary N) is 1. The zero-order chi connectivity index (χ0) is 12.6. The molecule has 1 saturated heterocycles. The van der Waals surface area contributed by atoms with Gasteiger partial charge in [-0.15, -0.1) is 0 Å². The molecule has 1 fully saturated rings. The monoisotopic (exact) mass is 254 g/mol. The molecular formula is C11H11ClN2O3. The van der Waals surface area contributed by atoms with Crippen molar-refractivity contribution in [2.75, 3.05) is 4.90 Å². The number of halogens is 1. The number of hydrogen-bond acceptors (Lipinski definition) is 4. The molecule has 1 aliphatic rings. The van der Waals surface area contributed by atoms with Gasteiger partial charge in [-0.3, -0.25) is 9.59 Å². The molecule has 1 aliphatic heterocycles. The van der Waals surface area contributed by atoms with Crippen molar-refractivity contribution in [2.24, 2.45) is 5.73 Å². The summed E-state index contributed by atoms with van der Waals surface area (Å²) >= 11 is 5.78. The van der Waals surface area contributed by atoms with Crippen LogP contribution in [0, 0.1) is 0 Å². The molecular weight excluding hydrogens is 244 g/mol. The second-order valence-electron chi connectivity index (χ2n) is 3.85. The van der Waals surface area contributed by atoms with Crippen molar-refractivity contribution in [3.8, 4) is 5.75 Å². The number of nitrogens with zero attached hydrogens (tertiary/aromatic N) is 1. The van der Waals surface area contributed by atoms with Crippen molar-refractivity contribution in [2.45, 2.75) is 18.9 Å². The molecule has 0 bridgehead atoms. The van der Waals surface area contributed by atoms with Crippen LogP contribution in [-0.2, 0) is 9.59 Å². The largest absolute Gasteiger partial charge is 0.506 e. The predicted molar refractivity (Wildman–Crippen MR) is 62.8 cm³/mol. The SMILES string of the molecule is N[C@H]1CCC(=O)N(c2cc(Cl)ccc2O)C1=O. The number of rotatable bonds is 1. The lowest BCUT2D eigenvalue weighted by Gasteiger charge is -2.29. The van der Waals surface area contributed by atoms with Crippen molar-refractivity contribution in [3.63, 3.8) is 0 Å². The fourth-order valence-electron chi connectivity index (χ4n) is 1.73. The van der Waals surface area contributed by atoms with E-state index in [9.17, 15) is 14.7 Å². The third-order valence-corrected chi connectivity index (χ3v) is 2.87. The fourth-order valence-corrected chi connectivity index (χ4v) is 1.90. The number of phenolic OH excluding ortho intramolecular Hbond substituents is 1. The maximum atomic E-state index is 11.8. The highest BCUT2D eigenvalue weighted by molar-refractivity contribution is 6.31. The third kappa shape index (κ3) is 2.11. The summed E-state index contributed by atoms with van der Waals surface area (Å²) in [5.41, 5.74) is 5.68. The van der Waals surface area contributed by atoms with Crippen molar-refractivity contribution in [3.05, 3.63) is 23.2 Å². The van der Waals surface area contributed by atoms with Crippen LogP contribution in [0.1, 0.15) is 12.8 Å². The third-order valence-electron chi connectivity index (χ3n) is 2.63. The number of amides is 2. The summed E-state index contributed by atoms with van der Waals surface area (Å²) in [6.45, 7) is 0. The van der Waals surface area contributed by atoms with Crippen LogP contribution >= 0.6 is 11.6 Å². The molecule has 1 aromatic rings. The van der Waals surface area contributed by atoms with Crippen LogP contribution in [0.3, 0.4) is 0 Å². The summed E-state index contributed by atoms with van der Waals surface area (Å²) in [6, 6.07) is 3.45. The Morgan fingerprint density at radius 1 is 1.41 bits per heavy atom. The van der Waals surface area contributed by atoms with Crippen LogP contribution < -0.4 is 10.6 Å². The molecule has 0 aromatic heterocycles. The van der Waals surface area contributed by atoms with Gasteiger partial charge in [-0.1, -0.05) is 11.6 Å². The lowest BCUT2D eigenvalue weighted by molar-refractivity contribution is -0.130. The lowest BCUT2D eigenvalue weighted by Crippen LogP contribution is -2.51. The minimum absolute atomic E-state index is 0.0858. The molecule has 2 amide bonds. The van der Waals surface area contributed by atoms with Gasteiger partial charge in [0.2, 0.25) is 5.91 Å². The van der Waals surface area contributed by atoms with E-state index < -0.39 is 11.9 Å². The second-order valence-corrected chi connectivity index (χ2v) is 4.28. The van der Waals surface area contributed by atoms with Gasteiger partial charge >= 0.3 is 0 Å². The number of hydrogen-bond donors (Lipinski definition) is 2. The Morgan fingerprint density at radius 2 is 2.12 bits per heavy atom. The Morgan fingerprint density at radius 3 is 2.82 bits per heavy atom. The van der Waals surface area contributed by atoms with Crippen molar-refractivity contribution in [1.29, 1.82) is 0 Å². The quantitative estimate of drug-likeness (QED) is 0.733. The average Bonchev–Trinajstić information content (AvgIpc) is 2.29. The smallest absolute Gasteiger partial charge is 0.250 e. The summed E-state index contributed by atoms with van der Waals surface area (Å²) < 4.78 is 0. The maximum absolute atomic E-state index is 11.8. The molecule has 1 heterocycles. The van der Waals surface area contributed by atoms with E-state index in [-0.39, 0.29) is 23.8 Å². The van der Waals surface area contributed by atoms with E-state index in [1.165, 1.54) is 18.2 Å². The molecule has 5 nitrogen and oxygen atoms in total. The molecule has 90 valence electrons. The van der Waals surface area contributed by atoms with Crippen LogP contribution in [0.25, 0.3) is 0 Å². The second kappa shape index (κ2) is 4.35. The lowest BCUT2D eigenvalue weighted by atomic mass is 10.0. The first-order chi connectivity index (χ1) is 8.00. The Hall–Kier alpha value is -1.59. The van der Waals surface area contributed by atoms with Gasteiger partial charge in [0, 0.05) is 11.4 Å². The molecule has 1 aromatic carbocycles. The van der Waals surface area contributed by atoms with Gasteiger partial charge < -0.3 is 10.8 Å². The van der Waals surface area contributed by atoms with Gasteiger partial charge in [0.15, 0.2) is 0 Å². The Labute approximate surface area is 103 Å². The van der Waals surface area contributed by atoms with E-state index in [4.69, 9.17) is 17.3 Å². The molecule has 1 atom stereocenters. The van der Waals surface area contributed by atoms with Gasteiger partial charge in [0.25, 0.3) is 5.91 Å². The molecule has 2 rings (SSSR count). The highest BCUT2D eigenvalue weighted by Crippen LogP contribution is 2.32. The standard InChI is InChI=1S/C11H11ClN2O3/c12-6-1-3-9(15)8(5-6)14-10(16)4-2-7(13)11(14)17/h1,3,5,7,15H,2,4,13H2/t7-/m0/s1. The van der Waals surface area contributed by atoms with Crippen molar-refractivity contribution >= 4 is 29.1 Å². The van der Waals surface area contributed by atoms with Crippen LogP contribution in [0.5, 0.6) is 5.75 Å². The molecule has 3 N–H and O–H groups in total. The highest BCUT2D eigenvalue weighted by Gasteiger charge is 2.34. The van der Waals surface area contributed by atoms with Gasteiger partial charge in [-0.25, -0.2) is 4.90 Å². The summed E-state index contributed by atoms with van der Waals surface area (Å²) in [7, 11) is 0. The molecule has 0 spiro atoms. The first-order valence-electron chi connectivity index (χ1n) is 5.11. The number of benzene rings is 1. The van der Waals surface area contributed by atoms with Crippen LogP contribution in [-0.4, -0.2) is 23.0 Å². The summed E-state index contributed by atoms with van der Waals surface area (Å²) in [4.78, 5) is 24.4. The highest BCUT2D eigenvalue weighted by atomic mass is 35.5. The maximum Gasteiger partial charge on any atom is 0.250 e. The topological polar surface area (TPSA) is 83.6 Å². The average molecular weight is 255 g/mol. The minimum Gasteiger partial charge on any atom is -0.506 e. The molecule has 17 heavy (non-hydrogen) atoms. The molecule has 0 radical (unpaired) electrons. The Kier molecular flexibility index (Phi) is 3.04. The van der Waals surface area contributed by atoms with Crippen LogP contribution in [0.15, 0.2) is 18.2 Å². The summed E-state index contributed by atoms with van der Waals surface area (Å²) in [5, 5.41) is 9.99. The van der Waals surface area contributed by atoms with E-state index in [2.05, 4.69) is 0 Å². The summed E-state index contributed by atoms with van der Waals surface area (Å²) in [6.07, 6.45) is 0.508.